The van der Waals surface area contributed by atoms with Crippen LogP contribution in [0.4, 0.5) is 0 Å². The molecule has 0 unspecified atom stereocenters. The third-order valence-electron chi connectivity index (χ3n) is 7.30. The van der Waals surface area contributed by atoms with E-state index in [1.807, 2.05) is 13.8 Å². The second-order valence-corrected chi connectivity index (χ2v) is 10.4. The van der Waals surface area contributed by atoms with Gasteiger partial charge in [0.25, 0.3) is 0 Å². The van der Waals surface area contributed by atoms with Crippen LogP contribution in [-0.4, -0.2) is 23.5 Å². The fourth-order valence-electron chi connectivity index (χ4n) is 5.08. The largest absolute Gasteiger partial charge is 0.326 e. The summed E-state index contributed by atoms with van der Waals surface area (Å²) in [5.74, 6) is 0. The summed E-state index contributed by atoms with van der Waals surface area (Å²) in [5, 5.41) is 8.48. The molecular formula is C30H43N3S. The smallest absolute Gasteiger partial charge is 0.0749 e. The van der Waals surface area contributed by atoms with Gasteiger partial charge in [-0.2, -0.15) is 12.6 Å². The zero-order chi connectivity index (χ0) is 25.8. The van der Waals surface area contributed by atoms with Crippen molar-refractivity contribution in [2.75, 3.05) is 13.1 Å². The van der Waals surface area contributed by atoms with E-state index in [-0.39, 0.29) is 0 Å². The molecule has 34 heavy (non-hydrogen) atoms. The average Bonchev–Trinajstić information content (AvgIpc) is 2.80. The van der Waals surface area contributed by atoms with Gasteiger partial charge in [0.15, 0.2) is 0 Å². The molecule has 1 aliphatic carbocycles. The Morgan fingerprint density at radius 1 is 1.09 bits per heavy atom. The zero-order valence-electron chi connectivity index (χ0n) is 22.0. The maximum Gasteiger partial charge on any atom is 0.0749 e. The van der Waals surface area contributed by atoms with Gasteiger partial charge in [0.05, 0.1) is 4.75 Å². The van der Waals surface area contributed by atoms with Crippen LogP contribution in [0.25, 0.3) is 5.57 Å². The van der Waals surface area contributed by atoms with Gasteiger partial charge >= 0.3 is 0 Å². The molecule has 1 aromatic rings. The molecule has 0 aromatic heterocycles. The maximum absolute atomic E-state index is 8.48. The number of allylic oxidation sites excluding steroid dienone is 3. The van der Waals surface area contributed by atoms with E-state index in [4.69, 9.17) is 29.5 Å². The number of nitrogens with one attached hydrogen (secondary N) is 1. The molecule has 184 valence electrons. The number of hydrogen-bond donors (Lipinski definition) is 4. The molecule has 2 rings (SSSR count). The molecule has 0 aliphatic heterocycles. The first-order chi connectivity index (χ1) is 15.9. The highest BCUT2D eigenvalue weighted by atomic mass is 32.1. The first-order valence-corrected chi connectivity index (χ1v) is 12.7. The van der Waals surface area contributed by atoms with Crippen LogP contribution >= 0.6 is 12.6 Å². The minimum atomic E-state index is -0.726. The second kappa shape index (κ2) is 11.5. The second-order valence-electron chi connectivity index (χ2n) is 9.59. The Morgan fingerprint density at radius 3 is 2.21 bits per heavy atom. The summed E-state index contributed by atoms with van der Waals surface area (Å²) >= 11 is 4.99. The van der Waals surface area contributed by atoms with Crippen LogP contribution in [0.1, 0.15) is 69.2 Å². The van der Waals surface area contributed by atoms with Crippen molar-refractivity contribution < 1.29 is 0 Å². The SMILES string of the molecule is C=C(C)/C(CN)=C(\C=C(/C)C(=C)/C(CN)=C1/CCCc2c(C)ccc(C)c21)[C@@](S)(CC)C(C)=N. The number of thiol groups is 1. The summed E-state index contributed by atoms with van der Waals surface area (Å²) in [7, 11) is 0. The minimum Gasteiger partial charge on any atom is -0.326 e. The van der Waals surface area contributed by atoms with Gasteiger partial charge in [-0.05, 0) is 116 Å². The zero-order valence-corrected chi connectivity index (χ0v) is 22.9. The van der Waals surface area contributed by atoms with Crippen molar-refractivity contribution in [2.45, 2.75) is 72.0 Å². The first-order valence-electron chi connectivity index (χ1n) is 12.2. The minimum absolute atomic E-state index is 0.340. The van der Waals surface area contributed by atoms with Crippen molar-refractivity contribution in [3.05, 3.63) is 87.1 Å². The van der Waals surface area contributed by atoms with Crippen molar-refractivity contribution in [3.63, 3.8) is 0 Å². The lowest BCUT2D eigenvalue weighted by Gasteiger charge is -2.32. The fourth-order valence-corrected chi connectivity index (χ4v) is 5.28. The summed E-state index contributed by atoms with van der Waals surface area (Å²) in [5.41, 5.74) is 25.6. The van der Waals surface area contributed by atoms with E-state index in [1.165, 1.54) is 27.8 Å². The number of fused-ring (bicyclic) bond motifs is 1. The van der Waals surface area contributed by atoms with E-state index in [0.29, 0.717) is 25.2 Å². The number of rotatable bonds is 9. The topological polar surface area (TPSA) is 75.9 Å². The molecule has 1 aliphatic rings. The Balaban J connectivity index is 2.75. The van der Waals surface area contributed by atoms with Crippen molar-refractivity contribution in [1.29, 1.82) is 5.41 Å². The Kier molecular flexibility index (Phi) is 9.53. The lowest BCUT2D eigenvalue weighted by molar-refractivity contribution is 0.807. The highest BCUT2D eigenvalue weighted by Gasteiger charge is 2.32. The molecular weight excluding hydrogens is 434 g/mol. The fraction of sp³-hybridized carbons (Fsp3) is 0.433. The molecule has 5 N–H and O–H groups in total. The molecule has 1 atom stereocenters. The standard InChI is InChI=1S/C30H43N3S/c1-9-30(34,23(8)33)28(26(16-31)18(2)3)15-21(6)22(7)27(17-32)25-12-10-11-24-19(4)13-14-20(5)29(24)25/h13-15,33-34H,2,7,9-12,16-17,31-32H2,1,3-6,8H3/b21-15+,27-25-,28-26+,33-23?/t30-/m1/s1. The van der Waals surface area contributed by atoms with E-state index in [9.17, 15) is 0 Å². The molecule has 1 aromatic carbocycles. The van der Waals surface area contributed by atoms with Crippen LogP contribution in [0, 0.1) is 19.3 Å². The van der Waals surface area contributed by atoms with Gasteiger partial charge < -0.3 is 16.9 Å². The summed E-state index contributed by atoms with van der Waals surface area (Å²) in [6, 6.07) is 4.43. The average molecular weight is 478 g/mol. The third kappa shape index (κ3) is 5.40. The van der Waals surface area contributed by atoms with Gasteiger partial charge in [0.2, 0.25) is 0 Å². The predicted molar refractivity (Wildman–Crippen MR) is 154 cm³/mol. The third-order valence-corrected chi connectivity index (χ3v) is 8.19. The van der Waals surface area contributed by atoms with Crippen LogP contribution in [-0.2, 0) is 6.42 Å². The van der Waals surface area contributed by atoms with Crippen LogP contribution < -0.4 is 11.5 Å². The van der Waals surface area contributed by atoms with Crippen molar-refractivity contribution in [2.24, 2.45) is 11.5 Å². The molecule has 0 spiro atoms. The molecule has 4 heteroatoms. The molecule has 0 saturated heterocycles. The van der Waals surface area contributed by atoms with E-state index in [2.05, 4.69) is 52.1 Å². The monoisotopic (exact) mass is 477 g/mol. The van der Waals surface area contributed by atoms with E-state index in [0.717, 1.165) is 52.7 Å². The highest BCUT2D eigenvalue weighted by Crippen LogP contribution is 2.40. The molecule has 3 nitrogen and oxygen atoms in total. The normalized spacial score (nSPS) is 18.0. The predicted octanol–water partition coefficient (Wildman–Crippen LogP) is 6.80. The van der Waals surface area contributed by atoms with E-state index in [1.54, 1.807) is 6.92 Å². The number of aryl methyl sites for hydroxylation is 2. The van der Waals surface area contributed by atoms with Gasteiger partial charge in [-0.25, -0.2) is 0 Å². The number of nitrogens with two attached hydrogens (primary N) is 2. The molecule has 0 heterocycles. The van der Waals surface area contributed by atoms with Crippen molar-refractivity contribution >= 4 is 23.9 Å². The Bertz CT molecular complexity index is 1100. The summed E-state index contributed by atoms with van der Waals surface area (Å²) in [4.78, 5) is 0. The first kappa shape index (κ1) is 28.1. The van der Waals surface area contributed by atoms with Gasteiger partial charge in [-0.3, -0.25) is 0 Å². The number of hydrogen-bond acceptors (Lipinski definition) is 4. The Morgan fingerprint density at radius 2 is 1.71 bits per heavy atom. The van der Waals surface area contributed by atoms with Crippen LogP contribution in [0.3, 0.4) is 0 Å². The Hall–Kier alpha value is -2.14. The van der Waals surface area contributed by atoms with Crippen molar-refractivity contribution in [1.82, 2.24) is 0 Å². The van der Waals surface area contributed by atoms with Crippen LogP contribution in [0.5, 0.6) is 0 Å². The van der Waals surface area contributed by atoms with E-state index < -0.39 is 4.75 Å². The lowest BCUT2D eigenvalue weighted by atomic mass is 9.78. The van der Waals surface area contributed by atoms with Gasteiger partial charge in [-0.15, -0.1) is 0 Å². The quantitative estimate of drug-likeness (QED) is 0.179. The molecule has 0 bridgehead atoms. The lowest BCUT2D eigenvalue weighted by Crippen LogP contribution is -2.33. The molecule has 0 radical (unpaired) electrons. The van der Waals surface area contributed by atoms with Crippen LogP contribution in [0.15, 0.2) is 64.8 Å². The van der Waals surface area contributed by atoms with Gasteiger partial charge in [0, 0.05) is 18.8 Å². The number of benzene rings is 1. The Labute approximate surface area is 212 Å². The summed E-state index contributed by atoms with van der Waals surface area (Å²) in [6.07, 6.45) is 6.01. The summed E-state index contributed by atoms with van der Waals surface area (Å²) < 4.78 is -0.726. The molecule has 0 amide bonds. The van der Waals surface area contributed by atoms with E-state index >= 15 is 0 Å². The molecule has 0 saturated carbocycles. The van der Waals surface area contributed by atoms with Gasteiger partial charge in [0.1, 0.15) is 0 Å². The maximum atomic E-state index is 8.48. The van der Waals surface area contributed by atoms with Crippen LogP contribution in [0.2, 0.25) is 0 Å². The van der Waals surface area contributed by atoms with Crippen molar-refractivity contribution in [3.8, 4) is 0 Å². The summed E-state index contributed by atoms with van der Waals surface area (Å²) in [6.45, 7) is 21.7. The molecule has 0 fully saturated rings. The van der Waals surface area contributed by atoms with Gasteiger partial charge in [-0.1, -0.05) is 43.9 Å². The highest BCUT2D eigenvalue weighted by molar-refractivity contribution is 7.83.